The van der Waals surface area contributed by atoms with Crippen LogP contribution in [-0.2, 0) is 21.4 Å². The Morgan fingerprint density at radius 2 is 2.18 bits per heavy atom. The van der Waals surface area contributed by atoms with E-state index in [0.29, 0.717) is 13.1 Å². The van der Waals surface area contributed by atoms with Gasteiger partial charge in [0, 0.05) is 25.3 Å². The minimum absolute atomic E-state index is 0.0373. The molecule has 1 atom stereocenters. The first-order chi connectivity index (χ1) is 10.2. The predicted molar refractivity (Wildman–Crippen MR) is 83.9 cm³/mol. The molecule has 1 amide bonds. The number of piperidine rings is 1. The van der Waals surface area contributed by atoms with E-state index in [9.17, 15) is 13.2 Å². The summed E-state index contributed by atoms with van der Waals surface area (Å²) in [5.74, 6) is 0.211. The summed E-state index contributed by atoms with van der Waals surface area (Å²) in [5.41, 5.74) is 1.87. The molecule has 1 aromatic heterocycles. The van der Waals surface area contributed by atoms with E-state index in [1.165, 1.54) is 0 Å². The van der Waals surface area contributed by atoms with E-state index in [-0.39, 0.29) is 18.4 Å². The second-order valence-electron chi connectivity index (χ2n) is 6.05. The number of sulfonamides is 1. The normalized spacial score (nSPS) is 19.4. The van der Waals surface area contributed by atoms with Gasteiger partial charge in [0.05, 0.1) is 11.9 Å². The third kappa shape index (κ3) is 4.81. The number of aryl methyl sites for hydroxylation is 2. The summed E-state index contributed by atoms with van der Waals surface area (Å²) < 4.78 is 26.6. The van der Waals surface area contributed by atoms with Crippen molar-refractivity contribution in [3.63, 3.8) is 0 Å². The summed E-state index contributed by atoms with van der Waals surface area (Å²) in [6, 6.07) is 1.95. The summed E-state index contributed by atoms with van der Waals surface area (Å²) in [4.78, 5) is 14.2. The molecule has 2 rings (SSSR count). The van der Waals surface area contributed by atoms with Crippen LogP contribution in [0, 0.1) is 19.8 Å². The maximum Gasteiger partial charge on any atom is 0.244 e. The van der Waals surface area contributed by atoms with Gasteiger partial charge in [-0.2, -0.15) is 5.10 Å². The average molecular weight is 328 g/mol. The van der Waals surface area contributed by atoms with Crippen LogP contribution in [0.15, 0.2) is 6.07 Å². The number of aromatic nitrogens is 2. The van der Waals surface area contributed by atoms with Gasteiger partial charge in [0.2, 0.25) is 15.9 Å². The quantitative estimate of drug-likeness (QED) is 0.842. The molecule has 22 heavy (non-hydrogen) atoms. The second-order valence-corrected chi connectivity index (χ2v) is 7.89. The molecule has 1 aromatic rings. The number of carbonyl (C=O) groups is 1. The Balaban J connectivity index is 1.91. The van der Waals surface area contributed by atoms with Gasteiger partial charge in [0.15, 0.2) is 0 Å². The first kappa shape index (κ1) is 17.0. The largest absolute Gasteiger partial charge is 0.341 e. The number of hydrogen-bond donors (Lipinski definition) is 1. The number of likely N-dealkylation sites (tertiary alicyclic amines) is 1. The van der Waals surface area contributed by atoms with E-state index in [2.05, 4.69) is 9.82 Å². The minimum Gasteiger partial charge on any atom is -0.341 e. The molecule has 8 heteroatoms. The lowest BCUT2D eigenvalue weighted by atomic mass is 9.98. The highest BCUT2D eigenvalue weighted by Gasteiger charge is 2.24. The van der Waals surface area contributed by atoms with E-state index in [1.807, 2.05) is 24.8 Å². The van der Waals surface area contributed by atoms with Crippen LogP contribution in [0.2, 0.25) is 0 Å². The van der Waals surface area contributed by atoms with E-state index < -0.39 is 10.0 Å². The average Bonchev–Trinajstić information content (AvgIpc) is 2.74. The zero-order chi connectivity index (χ0) is 16.3. The second kappa shape index (κ2) is 6.78. The third-order valence-corrected chi connectivity index (χ3v) is 4.59. The molecule has 0 bridgehead atoms. The van der Waals surface area contributed by atoms with Gasteiger partial charge in [-0.1, -0.05) is 0 Å². The van der Waals surface area contributed by atoms with Gasteiger partial charge in [0.1, 0.15) is 6.54 Å². The summed E-state index contributed by atoms with van der Waals surface area (Å²) in [6.45, 7) is 5.80. The van der Waals surface area contributed by atoms with Crippen molar-refractivity contribution in [2.75, 3.05) is 25.9 Å². The van der Waals surface area contributed by atoms with Crippen LogP contribution in [0.25, 0.3) is 0 Å². The van der Waals surface area contributed by atoms with Crippen molar-refractivity contribution >= 4 is 15.9 Å². The van der Waals surface area contributed by atoms with Crippen molar-refractivity contribution < 1.29 is 13.2 Å². The maximum absolute atomic E-state index is 12.4. The summed E-state index contributed by atoms with van der Waals surface area (Å²) in [6.07, 6.45) is 2.99. The predicted octanol–water partition coefficient (Wildman–Crippen LogP) is 0.288. The summed E-state index contributed by atoms with van der Waals surface area (Å²) in [5, 5.41) is 4.31. The molecule has 0 saturated carbocycles. The lowest BCUT2D eigenvalue weighted by molar-refractivity contribution is -0.133. The molecule has 1 aliphatic rings. The van der Waals surface area contributed by atoms with Crippen LogP contribution in [-0.4, -0.2) is 54.9 Å². The molecule has 0 aliphatic carbocycles. The SMILES string of the molecule is Cc1cc(C)n(CC(=O)N2CCC[C@H](CNS(C)(=O)=O)C2)n1. The maximum atomic E-state index is 12.4. The Morgan fingerprint density at radius 1 is 1.45 bits per heavy atom. The molecule has 1 N–H and O–H groups in total. The fraction of sp³-hybridized carbons (Fsp3) is 0.714. The monoisotopic (exact) mass is 328 g/mol. The molecule has 124 valence electrons. The molecular formula is C14H24N4O3S. The zero-order valence-corrected chi connectivity index (χ0v) is 14.2. The highest BCUT2D eigenvalue weighted by atomic mass is 32.2. The number of nitrogens with one attached hydrogen (secondary N) is 1. The van der Waals surface area contributed by atoms with Gasteiger partial charge in [-0.15, -0.1) is 0 Å². The van der Waals surface area contributed by atoms with Crippen molar-refractivity contribution in [1.29, 1.82) is 0 Å². The van der Waals surface area contributed by atoms with E-state index in [4.69, 9.17) is 0 Å². The number of rotatable bonds is 5. The van der Waals surface area contributed by atoms with E-state index in [1.54, 1.807) is 4.68 Å². The fourth-order valence-corrected chi connectivity index (χ4v) is 3.33. The van der Waals surface area contributed by atoms with Gasteiger partial charge in [-0.3, -0.25) is 9.48 Å². The molecule has 0 unspecified atom stereocenters. The Kier molecular flexibility index (Phi) is 5.23. The number of carbonyl (C=O) groups excluding carboxylic acids is 1. The Hall–Kier alpha value is -1.41. The standard InChI is InChI=1S/C14H24N4O3S/c1-11-7-12(2)18(16-11)10-14(19)17-6-4-5-13(9-17)8-15-22(3,20)21/h7,13,15H,4-6,8-10H2,1-3H3/t13-/m1/s1. The molecule has 1 aliphatic heterocycles. The summed E-state index contributed by atoms with van der Waals surface area (Å²) in [7, 11) is -3.18. The van der Waals surface area contributed by atoms with Gasteiger partial charge in [-0.05, 0) is 38.7 Å². The third-order valence-electron chi connectivity index (χ3n) is 3.89. The number of hydrogen-bond acceptors (Lipinski definition) is 4. The number of nitrogens with zero attached hydrogens (tertiary/aromatic N) is 3. The molecule has 7 nitrogen and oxygen atoms in total. The highest BCUT2D eigenvalue weighted by molar-refractivity contribution is 7.88. The van der Waals surface area contributed by atoms with Crippen LogP contribution < -0.4 is 4.72 Å². The van der Waals surface area contributed by atoms with Crippen molar-refractivity contribution in [2.24, 2.45) is 5.92 Å². The lowest BCUT2D eigenvalue weighted by Gasteiger charge is -2.32. The molecule has 0 aromatic carbocycles. The number of amides is 1. The van der Waals surface area contributed by atoms with Crippen LogP contribution in [0.5, 0.6) is 0 Å². The van der Waals surface area contributed by atoms with Crippen molar-refractivity contribution in [3.8, 4) is 0 Å². The van der Waals surface area contributed by atoms with Crippen LogP contribution in [0.3, 0.4) is 0 Å². The molecular weight excluding hydrogens is 304 g/mol. The first-order valence-electron chi connectivity index (χ1n) is 7.48. The zero-order valence-electron chi connectivity index (χ0n) is 13.4. The van der Waals surface area contributed by atoms with Crippen LogP contribution >= 0.6 is 0 Å². The Labute approximate surface area is 131 Å². The van der Waals surface area contributed by atoms with Crippen LogP contribution in [0.1, 0.15) is 24.2 Å². The first-order valence-corrected chi connectivity index (χ1v) is 9.37. The Morgan fingerprint density at radius 3 is 2.77 bits per heavy atom. The molecule has 1 saturated heterocycles. The van der Waals surface area contributed by atoms with Gasteiger partial charge < -0.3 is 4.90 Å². The lowest BCUT2D eigenvalue weighted by Crippen LogP contribution is -2.44. The van der Waals surface area contributed by atoms with Crippen molar-refractivity contribution in [2.45, 2.75) is 33.2 Å². The van der Waals surface area contributed by atoms with Gasteiger partial charge >= 0.3 is 0 Å². The topological polar surface area (TPSA) is 84.3 Å². The van der Waals surface area contributed by atoms with E-state index >= 15 is 0 Å². The molecule has 2 heterocycles. The molecule has 1 fully saturated rings. The van der Waals surface area contributed by atoms with E-state index in [0.717, 1.165) is 37.0 Å². The summed E-state index contributed by atoms with van der Waals surface area (Å²) >= 11 is 0. The van der Waals surface area contributed by atoms with Crippen molar-refractivity contribution in [3.05, 3.63) is 17.5 Å². The van der Waals surface area contributed by atoms with Crippen molar-refractivity contribution in [1.82, 2.24) is 19.4 Å². The smallest absolute Gasteiger partial charge is 0.244 e. The Bertz CT molecular complexity index is 639. The molecule has 0 spiro atoms. The fourth-order valence-electron chi connectivity index (χ4n) is 2.79. The minimum atomic E-state index is -3.18. The van der Waals surface area contributed by atoms with Crippen LogP contribution in [0.4, 0.5) is 0 Å². The molecule has 0 radical (unpaired) electrons. The van der Waals surface area contributed by atoms with Gasteiger partial charge in [0.25, 0.3) is 0 Å². The van der Waals surface area contributed by atoms with Gasteiger partial charge in [-0.25, -0.2) is 13.1 Å². The highest BCUT2D eigenvalue weighted by Crippen LogP contribution is 2.16.